The number of benzene rings is 1. The highest BCUT2D eigenvalue weighted by Crippen LogP contribution is 2.33. The fraction of sp³-hybridized carbons (Fsp3) is 0.565. The first-order valence-electron chi connectivity index (χ1n) is 11.0. The Balaban J connectivity index is 1.34. The summed E-state index contributed by atoms with van der Waals surface area (Å²) in [7, 11) is 0. The molecule has 5 nitrogen and oxygen atoms in total. The van der Waals surface area contributed by atoms with Crippen LogP contribution >= 0.6 is 11.3 Å². The van der Waals surface area contributed by atoms with Crippen molar-refractivity contribution in [1.82, 2.24) is 9.88 Å². The lowest BCUT2D eigenvalue weighted by atomic mass is 9.84. The molecule has 0 spiro atoms. The summed E-state index contributed by atoms with van der Waals surface area (Å²) in [4.78, 5) is 19.6. The van der Waals surface area contributed by atoms with Gasteiger partial charge in [0.05, 0.1) is 6.61 Å². The number of carbonyl (C=O) groups is 1. The predicted octanol–water partition coefficient (Wildman–Crippen LogP) is 5.95. The van der Waals surface area contributed by atoms with Crippen molar-refractivity contribution < 1.29 is 9.53 Å². The molecule has 0 saturated heterocycles. The van der Waals surface area contributed by atoms with Gasteiger partial charge in [-0.15, -0.1) is 11.3 Å². The number of hydrogen-bond donors (Lipinski definition) is 1. The van der Waals surface area contributed by atoms with Crippen LogP contribution in [-0.4, -0.2) is 34.6 Å². The van der Waals surface area contributed by atoms with Gasteiger partial charge in [-0.2, -0.15) is 0 Å². The van der Waals surface area contributed by atoms with Crippen molar-refractivity contribution in [2.24, 2.45) is 5.92 Å². The molecule has 0 aliphatic heterocycles. The highest BCUT2D eigenvalue weighted by molar-refractivity contribution is 7.13. The molecular formula is C23H31N3O2S. The Morgan fingerprint density at radius 3 is 2.45 bits per heavy atom. The lowest BCUT2D eigenvalue weighted by Crippen LogP contribution is -2.51. The van der Waals surface area contributed by atoms with E-state index in [-0.39, 0.29) is 6.03 Å². The molecule has 0 atom stereocenters. The van der Waals surface area contributed by atoms with Gasteiger partial charge in [-0.1, -0.05) is 37.5 Å². The van der Waals surface area contributed by atoms with Crippen molar-refractivity contribution in [3.05, 3.63) is 41.9 Å². The number of carbonyl (C=O) groups excluding carboxylic acids is 1. The second kappa shape index (κ2) is 10.1. The topological polar surface area (TPSA) is 54.5 Å². The average molecular weight is 414 g/mol. The minimum absolute atomic E-state index is 0.0378. The molecule has 1 aromatic carbocycles. The monoisotopic (exact) mass is 413 g/mol. The summed E-state index contributed by atoms with van der Waals surface area (Å²) in [5.74, 6) is 1.52. The molecule has 4 rings (SSSR count). The Morgan fingerprint density at radius 2 is 1.76 bits per heavy atom. The lowest BCUT2D eigenvalue weighted by Gasteiger charge is -2.42. The van der Waals surface area contributed by atoms with Gasteiger partial charge in [0.1, 0.15) is 5.75 Å². The average Bonchev–Trinajstić information content (AvgIpc) is 3.28. The smallest absolute Gasteiger partial charge is 0.324 e. The maximum absolute atomic E-state index is 13.2. The fourth-order valence-electron chi connectivity index (χ4n) is 4.75. The van der Waals surface area contributed by atoms with Crippen molar-refractivity contribution in [3.8, 4) is 5.75 Å². The number of thiazole rings is 1. The number of amides is 2. The third-order valence-corrected chi connectivity index (χ3v) is 6.98. The van der Waals surface area contributed by atoms with Crippen LogP contribution in [-0.2, 0) is 0 Å². The van der Waals surface area contributed by atoms with Gasteiger partial charge in [-0.05, 0) is 56.6 Å². The molecule has 1 heterocycles. The van der Waals surface area contributed by atoms with E-state index in [9.17, 15) is 4.79 Å². The number of aromatic nitrogens is 1. The molecule has 2 aromatic rings. The standard InChI is InChI=1S/C23H31N3O2S/c27-23(25-22-24-15-16-29-22)26(19-7-3-1-4-8-19)20-13-11-18(12-14-20)17-28-21-9-5-2-6-10-21/h2,5-6,9-10,15-16,18-20H,1,3-4,7-8,11-14,17H2,(H,24,25,27). The molecular weight excluding hydrogens is 382 g/mol. The first-order chi connectivity index (χ1) is 14.3. The van der Waals surface area contributed by atoms with Crippen LogP contribution in [0, 0.1) is 5.92 Å². The number of anilines is 1. The highest BCUT2D eigenvalue weighted by atomic mass is 32.1. The first-order valence-corrected chi connectivity index (χ1v) is 11.8. The van der Waals surface area contributed by atoms with E-state index in [2.05, 4.69) is 15.2 Å². The molecule has 1 aromatic heterocycles. The molecule has 156 valence electrons. The van der Waals surface area contributed by atoms with Crippen LogP contribution in [0.25, 0.3) is 0 Å². The van der Waals surface area contributed by atoms with Gasteiger partial charge in [0, 0.05) is 23.7 Å². The van der Waals surface area contributed by atoms with Gasteiger partial charge in [0.25, 0.3) is 0 Å². The van der Waals surface area contributed by atoms with E-state index in [1.165, 1.54) is 30.6 Å². The second-order valence-corrected chi connectivity index (χ2v) is 9.16. The quantitative estimate of drug-likeness (QED) is 0.637. The number of ether oxygens (including phenoxy) is 1. The first kappa shape index (κ1) is 20.2. The minimum Gasteiger partial charge on any atom is -0.493 e. The molecule has 2 fully saturated rings. The number of para-hydroxylation sites is 1. The van der Waals surface area contributed by atoms with E-state index in [4.69, 9.17) is 4.74 Å². The molecule has 6 heteroatoms. The molecule has 0 radical (unpaired) electrons. The molecule has 0 unspecified atom stereocenters. The summed E-state index contributed by atoms with van der Waals surface area (Å²) in [6.07, 6.45) is 12.1. The molecule has 2 aliphatic rings. The molecule has 2 aliphatic carbocycles. The summed E-state index contributed by atoms with van der Waals surface area (Å²) in [6.45, 7) is 0.769. The maximum Gasteiger partial charge on any atom is 0.324 e. The predicted molar refractivity (Wildman–Crippen MR) is 118 cm³/mol. The molecule has 0 bridgehead atoms. The Hall–Kier alpha value is -2.08. The molecule has 2 saturated carbocycles. The van der Waals surface area contributed by atoms with Crippen molar-refractivity contribution in [3.63, 3.8) is 0 Å². The Kier molecular flexibility index (Phi) is 7.04. The number of rotatable bonds is 6. The zero-order chi connectivity index (χ0) is 19.9. The Morgan fingerprint density at radius 1 is 1.03 bits per heavy atom. The lowest BCUT2D eigenvalue weighted by molar-refractivity contribution is 0.0935. The van der Waals surface area contributed by atoms with Crippen LogP contribution in [0.2, 0.25) is 0 Å². The van der Waals surface area contributed by atoms with E-state index in [1.54, 1.807) is 6.20 Å². The van der Waals surface area contributed by atoms with Crippen molar-refractivity contribution in [2.45, 2.75) is 69.9 Å². The van der Waals surface area contributed by atoms with E-state index < -0.39 is 0 Å². The zero-order valence-electron chi connectivity index (χ0n) is 17.0. The van der Waals surface area contributed by atoms with Crippen LogP contribution in [0.1, 0.15) is 57.8 Å². The van der Waals surface area contributed by atoms with Crippen molar-refractivity contribution in [1.29, 1.82) is 0 Å². The molecule has 2 amide bonds. The highest BCUT2D eigenvalue weighted by Gasteiger charge is 2.34. The van der Waals surface area contributed by atoms with Crippen molar-refractivity contribution in [2.75, 3.05) is 11.9 Å². The van der Waals surface area contributed by atoms with Gasteiger partial charge in [-0.25, -0.2) is 9.78 Å². The number of hydrogen-bond acceptors (Lipinski definition) is 4. The van der Waals surface area contributed by atoms with E-state index >= 15 is 0 Å². The Bertz CT molecular complexity index is 739. The number of nitrogens with zero attached hydrogens (tertiary/aromatic N) is 2. The third-order valence-electron chi connectivity index (χ3n) is 6.29. The van der Waals surface area contributed by atoms with Crippen LogP contribution < -0.4 is 10.1 Å². The fourth-order valence-corrected chi connectivity index (χ4v) is 5.27. The summed E-state index contributed by atoms with van der Waals surface area (Å²) in [5.41, 5.74) is 0. The van der Waals surface area contributed by atoms with Crippen molar-refractivity contribution >= 4 is 22.5 Å². The summed E-state index contributed by atoms with van der Waals surface area (Å²) >= 11 is 1.48. The summed E-state index contributed by atoms with van der Waals surface area (Å²) in [6, 6.07) is 10.8. The van der Waals surface area contributed by atoms with Crippen LogP contribution in [0.3, 0.4) is 0 Å². The summed E-state index contributed by atoms with van der Waals surface area (Å²) in [5, 5.41) is 5.64. The van der Waals surface area contributed by atoms with Crippen LogP contribution in [0.4, 0.5) is 9.93 Å². The van der Waals surface area contributed by atoms with Gasteiger partial charge in [0.2, 0.25) is 0 Å². The maximum atomic E-state index is 13.2. The number of urea groups is 1. The zero-order valence-corrected chi connectivity index (χ0v) is 17.8. The van der Waals surface area contributed by atoms with Gasteiger partial charge >= 0.3 is 6.03 Å². The SMILES string of the molecule is O=C(Nc1nccs1)N(C1CCCCC1)C1CCC(COc2ccccc2)CC1. The third kappa shape index (κ3) is 5.50. The van der Waals surface area contributed by atoms with E-state index in [0.29, 0.717) is 23.1 Å². The van der Waals surface area contributed by atoms with Crippen LogP contribution in [0.5, 0.6) is 5.75 Å². The van der Waals surface area contributed by atoms with Gasteiger partial charge in [-0.3, -0.25) is 5.32 Å². The Labute approximate surface area is 177 Å². The number of nitrogens with one attached hydrogen (secondary N) is 1. The van der Waals surface area contributed by atoms with Crippen LogP contribution in [0.15, 0.2) is 41.9 Å². The second-order valence-electron chi connectivity index (χ2n) is 8.27. The minimum atomic E-state index is 0.0378. The molecule has 29 heavy (non-hydrogen) atoms. The van der Waals surface area contributed by atoms with E-state index in [1.807, 2.05) is 35.7 Å². The normalized spacial score (nSPS) is 22.8. The van der Waals surface area contributed by atoms with E-state index in [0.717, 1.165) is 50.9 Å². The molecule has 1 N–H and O–H groups in total. The summed E-state index contributed by atoms with van der Waals surface area (Å²) < 4.78 is 5.98. The largest absolute Gasteiger partial charge is 0.493 e. The van der Waals surface area contributed by atoms with Gasteiger partial charge < -0.3 is 9.64 Å². The van der Waals surface area contributed by atoms with Gasteiger partial charge in [0.15, 0.2) is 5.13 Å².